The third kappa shape index (κ3) is 5.78. The molecule has 1 saturated carbocycles. The van der Waals surface area contributed by atoms with Crippen molar-refractivity contribution in [3.05, 3.63) is 84.1 Å². The number of amides is 1. The minimum absolute atomic E-state index is 0.0696. The molecule has 0 saturated heterocycles. The maximum Gasteiger partial charge on any atom is 0.245 e. The van der Waals surface area contributed by atoms with E-state index >= 15 is 0 Å². The number of benzene rings is 2. The largest absolute Gasteiger partial charge is 0.363 e. The number of nitrogens with one attached hydrogen (secondary N) is 2. The molecule has 3 aromatic rings. The van der Waals surface area contributed by atoms with Crippen LogP contribution in [-0.2, 0) is 9.54 Å². The Hall–Kier alpha value is -3.06. The second-order valence-corrected chi connectivity index (χ2v) is 10.6. The summed E-state index contributed by atoms with van der Waals surface area (Å²) in [4.78, 5) is 25.0. The van der Waals surface area contributed by atoms with Crippen LogP contribution in [0.5, 0.6) is 0 Å². The van der Waals surface area contributed by atoms with Crippen LogP contribution in [0.15, 0.2) is 72.9 Å². The Morgan fingerprint density at radius 3 is 2.06 bits per heavy atom. The lowest BCUT2D eigenvalue weighted by atomic mass is 9.87. The molecule has 184 valence electrons. The third-order valence-electron chi connectivity index (χ3n) is 6.54. The van der Waals surface area contributed by atoms with Gasteiger partial charge in [-0.1, -0.05) is 67.6 Å². The highest BCUT2D eigenvalue weighted by Crippen LogP contribution is 2.43. The van der Waals surface area contributed by atoms with Gasteiger partial charge in [0, 0.05) is 32.4 Å². The zero-order valence-electron chi connectivity index (χ0n) is 20.8. The van der Waals surface area contributed by atoms with Crippen LogP contribution in [-0.4, -0.2) is 47.8 Å². The molecule has 0 radical (unpaired) electrons. The highest BCUT2D eigenvalue weighted by Gasteiger charge is 2.43. The van der Waals surface area contributed by atoms with Crippen LogP contribution in [0.25, 0.3) is 0 Å². The topological polar surface area (TPSA) is 70.2 Å². The van der Waals surface area contributed by atoms with Crippen molar-refractivity contribution < 1.29 is 4.79 Å². The first-order valence-corrected chi connectivity index (χ1v) is 13.3. The van der Waals surface area contributed by atoms with E-state index < -0.39 is 4.75 Å². The van der Waals surface area contributed by atoms with Crippen LogP contribution in [0.3, 0.4) is 0 Å². The summed E-state index contributed by atoms with van der Waals surface area (Å²) in [6, 6.07) is 22.7. The summed E-state index contributed by atoms with van der Waals surface area (Å²) in [5, 5.41) is 6.91. The quantitative estimate of drug-likeness (QED) is 0.437. The molecule has 0 atom stereocenters. The lowest BCUT2D eigenvalue weighted by molar-refractivity contribution is -0.123. The fourth-order valence-electron chi connectivity index (χ4n) is 4.74. The number of rotatable bonds is 9. The van der Waals surface area contributed by atoms with E-state index in [0.29, 0.717) is 12.0 Å². The van der Waals surface area contributed by atoms with Gasteiger partial charge in [0.25, 0.3) is 0 Å². The minimum atomic E-state index is -0.771. The fraction of sp³-hybridized carbons (Fsp3) is 0.393. The number of hydrogen-bond donors (Lipinski definition) is 2. The number of carbonyl (C=O) groups excluding carboxylic acids is 1. The maximum absolute atomic E-state index is 14.0. The van der Waals surface area contributed by atoms with Gasteiger partial charge >= 0.3 is 0 Å². The number of anilines is 2. The van der Waals surface area contributed by atoms with E-state index in [2.05, 4.69) is 51.8 Å². The second kappa shape index (κ2) is 11.6. The summed E-state index contributed by atoms with van der Waals surface area (Å²) in [5.74, 6) is 2.45. The van der Waals surface area contributed by atoms with Gasteiger partial charge in [0.1, 0.15) is 10.6 Å². The Balaban J connectivity index is 1.46. The zero-order valence-corrected chi connectivity index (χ0v) is 21.6. The normalized spacial score (nSPS) is 18.0. The van der Waals surface area contributed by atoms with Gasteiger partial charge in [-0.25, -0.2) is 4.98 Å². The lowest BCUT2D eigenvalue weighted by Gasteiger charge is -2.36. The SMILES string of the molecule is CCSC(C(=O)N[C@H]1CC[C@@H](Nc2nccc(N(C)C)n2)CC1)(c1ccccc1)c1ccccc1. The molecule has 2 N–H and O–H groups in total. The second-order valence-electron chi connectivity index (χ2n) is 9.15. The Bertz CT molecular complexity index is 1050. The number of carbonyl (C=O) groups is 1. The molecule has 0 unspecified atom stereocenters. The summed E-state index contributed by atoms with van der Waals surface area (Å²) < 4.78 is -0.771. The summed E-state index contributed by atoms with van der Waals surface area (Å²) in [6.07, 6.45) is 5.56. The first kappa shape index (κ1) is 25.0. The zero-order chi connectivity index (χ0) is 24.7. The van der Waals surface area contributed by atoms with E-state index in [-0.39, 0.29) is 11.9 Å². The molecular formula is C28H35N5OS. The number of nitrogens with zero attached hydrogens (tertiary/aromatic N) is 3. The van der Waals surface area contributed by atoms with Crippen LogP contribution in [0, 0.1) is 0 Å². The van der Waals surface area contributed by atoms with Crippen molar-refractivity contribution in [2.75, 3.05) is 30.1 Å². The molecule has 2 aromatic carbocycles. The molecule has 1 aliphatic carbocycles. The molecule has 1 aliphatic rings. The van der Waals surface area contributed by atoms with E-state index in [0.717, 1.165) is 48.4 Å². The first-order chi connectivity index (χ1) is 17.0. The van der Waals surface area contributed by atoms with Crippen molar-refractivity contribution in [3.8, 4) is 0 Å². The lowest BCUT2D eigenvalue weighted by Crippen LogP contribution is -2.49. The van der Waals surface area contributed by atoms with Gasteiger partial charge in [0.2, 0.25) is 11.9 Å². The van der Waals surface area contributed by atoms with Crippen molar-refractivity contribution in [1.29, 1.82) is 0 Å². The van der Waals surface area contributed by atoms with Gasteiger partial charge in [0.15, 0.2) is 0 Å². The molecule has 0 spiro atoms. The van der Waals surface area contributed by atoms with Crippen molar-refractivity contribution in [1.82, 2.24) is 15.3 Å². The molecule has 1 amide bonds. The molecule has 1 fully saturated rings. The van der Waals surface area contributed by atoms with Crippen molar-refractivity contribution >= 4 is 29.4 Å². The number of aromatic nitrogens is 2. The molecule has 0 bridgehead atoms. The van der Waals surface area contributed by atoms with Crippen LogP contribution in [0.1, 0.15) is 43.7 Å². The van der Waals surface area contributed by atoms with Crippen molar-refractivity contribution in [2.24, 2.45) is 0 Å². The van der Waals surface area contributed by atoms with Gasteiger partial charge in [-0.15, -0.1) is 11.8 Å². The highest BCUT2D eigenvalue weighted by atomic mass is 32.2. The summed E-state index contributed by atoms with van der Waals surface area (Å²) in [7, 11) is 3.95. The van der Waals surface area contributed by atoms with Crippen LogP contribution in [0.4, 0.5) is 11.8 Å². The van der Waals surface area contributed by atoms with E-state index in [4.69, 9.17) is 0 Å². The highest BCUT2D eigenvalue weighted by molar-refractivity contribution is 8.01. The average Bonchev–Trinajstić information content (AvgIpc) is 2.89. The molecule has 1 heterocycles. The molecule has 4 rings (SSSR count). The first-order valence-electron chi connectivity index (χ1n) is 12.4. The number of hydrogen-bond acceptors (Lipinski definition) is 6. The minimum Gasteiger partial charge on any atom is -0.363 e. The van der Waals surface area contributed by atoms with Crippen LogP contribution in [0.2, 0.25) is 0 Å². The van der Waals surface area contributed by atoms with Gasteiger partial charge in [0.05, 0.1) is 0 Å². The van der Waals surface area contributed by atoms with Crippen LogP contribution >= 0.6 is 11.8 Å². The fourth-order valence-corrected chi connectivity index (χ4v) is 5.97. The Morgan fingerprint density at radius 2 is 1.51 bits per heavy atom. The molecule has 1 aromatic heterocycles. The van der Waals surface area contributed by atoms with E-state index in [1.54, 1.807) is 18.0 Å². The summed E-state index contributed by atoms with van der Waals surface area (Å²) in [6.45, 7) is 2.11. The van der Waals surface area contributed by atoms with Crippen molar-refractivity contribution in [3.63, 3.8) is 0 Å². The average molecular weight is 490 g/mol. The molecule has 6 nitrogen and oxygen atoms in total. The van der Waals surface area contributed by atoms with E-state index in [9.17, 15) is 4.79 Å². The predicted molar refractivity (Wildman–Crippen MR) is 146 cm³/mol. The van der Waals surface area contributed by atoms with Gasteiger partial charge in [-0.05, 0) is 48.6 Å². The monoisotopic (exact) mass is 489 g/mol. The van der Waals surface area contributed by atoms with Crippen LogP contribution < -0.4 is 15.5 Å². The summed E-state index contributed by atoms with van der Waals surface area (Å²) >= 11 is 1.69. The smallest absolute Gasteiger partial charge is 0.245 e. The van der Waals surface area contributed by atoms with E-state index in [1.807, 2.05) is 61.5 Å². The van der Waals surface area contributed by atoms with Gasteiger partial charge < -0.3 is 15.5 Å². The Kier molecular flexibility index (Phi) is 8.29. The van der Waals surface area contributed by atoms with Gasteiger partial charge in [-0.3, -0.25) is 4.79 Å². The van der Waals surface area contributed by atoms with E-state index in [1.165, 1.54) is 0 Å². The summed E-state index contributed by atoms with van der Waals surface area (Å²) in [5.41, 5.74) is 2.03. The Morgan fingerprint density at radius 1 is 0.943 bits per heavy atom. The third-order valence-corrected chi connectivity index (χ3v) is 7.91. The van der Waals surface area contributed by atoms with Gasteiger partial charge in [-0.2, -0.15) is 4.98 Å². The standard InChI is InChI=1S/C28H35N5OS/c1-4-35-28(21-11-7-5-8-12-21,22-13-9-6-10-14-22)26(34)30-23-15-17-24(18-16-23)31-27-29-20-19-25(32-27)33(2)3/h5-14,19-20,23-24H,4,15-18H2,1-3H3,(H,30,34)(H,29,31,32)/t23-,24+. The molecule has 0 aliphatic heterocycles. The molecule has 35 heavy (non-hydrogen) atoms. The Labute approximate surface area is 213 Å². The molecular weight excluding hydrogens is 454 g/mol. The maximum atomic E-state index is 14.0. The molecule has 7 heteroatoms. The number of thioether (sulfide) groups is 1. The van der Waals surface area contributed by atoms with Crippen molar-refractivity contribution in [2.45, 2.75) is 49.4 Å². The predicted octanol–water partition coefficient (Wildman–Crippen LogP) is 5.08.